The zero-order valence-corrected chi connectivity index (χ0v) is 16.7. The number of aromatic nitrogens is 2. The van der Waals surface area contributed by atoms with E-state index in [0.29, 0.717) is 21.7 Å². The zero-order valence-electron chi connectivity index (χ0n) is 13.5. The lowest BCUT2D eigenvalue weighted by Gasteiger charge is -2.44. The van der Waals surface area contributed by atoms with E-state index in [0.717, 1.165) is 23.1 Å². The van der Waals surface area contributed by atoms with Crippen molar-refractivity contribution in [2.24, 2.45) is 5.92 Å². The molecule has 3 aliphatic heterocycles. The molecule has 7 heteroatoms. The fraction of sp³-hybridized carbons (Fsp3) is 0.444. The third-order valence-corrected chi connectivity index (χ3v) is 6.82. The Morgan fingerprint density at radius 1 is 1.16 bits per heavy atom. The van der Waals surface area contributed by atoms with Crippen LogP contribution in [0.5, 0.6) is 0 Å². The SMILES string of the molecule is Clc1cc(Cl)cc(C#CCSc2nsnc2C2CN3CCC2CC3)c1. The van der Waals surface area contributed by atoms with Gasteiger partial charge in [-0.25, -0.2) is 0 Å². The Bertz CT molecular complexity index is 799. The second-order valence-corrected chi connectivity index (χ2v) is 8.81. The molecule has 3 nitrogen and oxygen atoms in total. The summed E-state index contributed by atoms with van der Waals surface area (Å²) in [6, 6.07) is 5.37. The first-order valence-corrected chi connectivity index (χ1v) is 10.8. The topological polar surface area (TPSA) is 29.0 Å². The van der Waals surface area contributed by atoms with Crippen molar-refractivity contribution < 1.29 is 0 Å². The quantitative estimate of drug-likeness (QED) is 0.537. The van der Waals surface area contributed by atoms with Gasteiger partial charge in [0.05, 0.1) is 23.2 Å². The van der Waals surface area contributed by atoms with Gasteiger partial charge in [0.2, 0.25) is 0 Å². The Labute approximate surface area is 166 Å². The number of piperidine rings is 3. The molecule has 0 radical (unpaired) electrons. The first kappa shape index (κ1) is 17.6. The first-order valence-electron chi connectivity index (χ1n) is 8.31. The minimum absolute atomic E-state index is 0.545. The van der Waals surface area contributed by atoms with E-state index < -0.39 is 0 Å². The van der Waals surface area contributed by atoms with Gasteiger partial charge in [-0.1, -0.05) is 46.8 Å². The Morgan fingerprint density at radius 3 is 2.60 bits per heavy atom. The van der Waals surface area contributed by atoms with Gasteiger partial charge in [0.1, 0.15) is 5.03 Å². The summed E-state index contributed by atoms with van der Waals surface area (Å²) in [6.45, 7) is 3.63. The molecule has 0 N–H and O–H groups in total. The molecule has 25 heavy (non-hydrogen) atoms. The number of fused-ring (bicyclic) bond motifs is 3. The van der Waals surface area contributed by atoms with Crippen molar-refractivity contribution >= 4 is 46.7 Å². The van der Waals surface area contributed by atoms with Gasteiger partial charge in [0.15, 0.2) is 0 Å². The highest BCUT2D eigenvalue weighted by Crippen LogP contribution is 2.41. The highest BCUT2D eigenvalue weighted by Gasteiger charge is 2.37. The van der Waals surface area contributed by atoms with Gasteiger partial charge < -0.3 is 4.90 Å². The van der Waals surface area contributed by atoms with Gasteiger partial charge in [-0.15, -0.1) is 0 Å². The molecule has 2 aromatic rings. The Balaban J connectivity index is 1.41. The minimum Gasteiger partial charge on any atom is -0.303 e. The Morgan fingerprint density at radius 2 is 1.92 bits per heavy atom. The maximum Gasteiger partial charge on any atom is 0.134 e. The van der Waals surface area contributed by atoms with Crippen molar-refractivity contribution in [1.82, 2.24) is 13.6 Å². The zero-order chi connectivity index (χ0) is 17.2. The van der Waals surface area contributed by atoms with Crippen molar-refractivity contribution in [2.75, 3.05) is 25.4 Å². The van der Waals surface area contributed by atoms with Crippen LogP contribution in [0, 0.1) is 17.8 Å². The average Bonchev–Trinajstić information content (AvgIpc) is 3.07. The van der Waals surface area contributed by atoms with E-state index >= 15 is 0 Å². The van der Waals surface area contributed by atoms with Crippen LogP contribution in [0.1, 0.15) is 30.0 Å². The largest absolute Gasteiger partial charge is 0.303 e. The van der Waals surface area contributed by atoms with Crippen LogP contribution in [-0.4, -0.2) is 39.0 Å². The molecule has 1 aromatic heterocycles. The van der Waals surface area contributed by atoms with Gasteiger partial charge in [-0.2, -0.15) is 8.75 Å². The highest BCUT2D eigenvalue weighted by atomic mass is 35.5. The maximum absolute atomic E-state index is 6.00. The monoisotopic (exact) mass is 409 g/mol. The predicted octanol–water partition coefficient (Wildman–Crippen LogP) is 4.80. The third-order valence-electron chi connectivity index (χ3n) is 4.87. The number of benzene rings is 1. The van der Waals surface area contributed by atoms with Crippen LogP contribution in [0.15, 0.2) is 23.2 Å². The molecular formula is C18H17Cl2N3S2. The van der Waals surface area contributed by atoms with Gasteiger partial charge in [-0.05, 0) is 50.0 Å². The summed E-state index contributed by atoms with van der Waals surface area (Å²) in [7, 11) is 0. The predicted molar refractivity (Wildman–Crippen MR) is 106 cm³/mol. The van der Waals surface area contributed by atoms with E-state index in [-0.39, 0.29) is 0 Å². The lowest BCUT2D eigenvalue weighted by Crippen LogP contribution is -2.46. The van der Waals surface area contributed by atoms with Crippen molar-refractivity contribution in [3.63, 3.8) is 0 Å². The van der Waals surface area contributed by atoms with Gasteiger partial charge in [-0.3, -0.25) is 0 Å². The molecule has 2 bridgehead atoms. The van der Waals surface area contributed by atoms with Gasteiger partial charge in [0.25, 0.3) is 0 Å². The summed E-state index contributed by atoms with van der Waals surface area (Å²) < 4.78 is 9.13. The lowest BCUT2D eigenvalue weighted by molar-refractivity contribution is 0.0846. The fourth-order valence-electron chi connectivity index (χ4n) is 3.66. The van der Waals surface area contributed by atoms with Crippen LogP contribution >= 0.6 is 46.7 Å². The van der Waals surface area contributed by atoms with Crippen LogP contribution in [0.2, 0.25) is 10.0 Å². The molecule has 0 amide bonds. The lowest BCUT2D eigenvalue weighted by atomic mass is 9.78. The third kappa shape index (κ3) is 4.15. The molecule has 130 valence electrons. The van der Waals surface area contributed by atoms with Crippen LogP contribution in [-0.2, 0) is 0 Å². The molecule has 5 rings (SSSR count). The van der Waals surface area contributed by atoms with E-state index in [1.54, 1.807) is 17.8 Å². The summed E-state index contributed by atoms with van der Waals surface area (Å²) in [5.74, 6) is 8.30. The second-order valence-electron chi connectivity index (χ2n) is 6.45. The summed E-state index contributed by atoms with van der Waals surface area (Å²) in [5, 5.41) is 2.28. The van der Waals surface area contributed by atoms with Gasteiger partial charge in [0, 0.05) is 28.1 Å². The summed E-state index contributed by atoms with van der Waals surface area (Å²) in [4.78, 5) is 2.56. The molecular weight excluding hydrogens is 393 g/mol. The summed E-state index contributed by atoms with van der Waals surface area (Å²) in [6.07, 6.45) is 2.59. The van der Waals surface area contributed by atoms with E-state index in [9.17, 15) is 0 Å². The smallest absolute Gasteiger partial charge is 0.134 e. The Hall–Kier alpha value is -0.770. The molecule has 0 saturated carbocycles. The van der Waals surface area contributed by atoms with E-state index in [4.69, 9.17) is 23.2 Å². The molecule has 1 atom stereocenters. The molecule has 1 aromatic carbocycles. The maximum atomic E-state index is 6.00. The van der Waals surface area contributed by atoms with Crippen molar-refractivity contribution in [3.05, 3.63) is 39.5 Å². The highest BCUT2D eigenvalue weighted by molar-refractivity contribution is 7.99. The number of hydrogen-bond acceptors (Lipinski definition) is 5. The molecule has 0 aliphatic carbocycles. The number of halogens is 2. The average molecular weight is 410 g/mol. The molecule has 3 aliphatic rings. The fourth-order valence-corrected chi connectivity index (χ4v) is 5.70. The Kier molecular flexibility index (Phi) is 5.54. The number of rotatable bonds is 3. The van der Waals surface area contributed by atoms with Gasteiger partial charge >= 0.3 is 0 Å². The summed E-state index contributed by atoms with van der Waals surface area (Å²) >= 11 is 15.0. The van der Waals surface area contributed by atoms with E-state index in [1.807, 2.05) is 12.1 Å². The van der Waals surface area contributed by atoms with Crippen LogP contribution in [0.4, 0.5) is 0 Å². The summed E-state index contributed by atoms with van der Waals surface area (Å²) in [5.41, 5.74) is 2.03. The first-order chi connectivity index (χ1) is 12.2. The molecule has 3 saturated heterocycles. The molecule has 4 heterocycles. The standard InChI is InChI=1S/C18H17Cl2N3S2/c19-14-8-12(9-15(20)10-14)2-1-7-24-18-17(21-25-22-18)16-11-23-5-3-13(16)4-6-23/h8-10,13,16H,3-7,11H2. The second kappa shape index (κ2) is 7.85. The van der Waals surface area contributed by atoms with Crippen molar-refractivity contribution in [2.45, 2.75) is 23.8 Å². The van der Waals surface area contributed by atoms with E-state index in [2.05, 4.69) is 25.5 Å². The van der Waals surface area contributed by atoms with Crippen LogP contribution in [0.25, 0.3) is 0 Å². The van der Waals surface area contributed by atoms with Crippen LogP contribution in [0.3, 0.4) is 0 Å². The van der Waals surface area contributed by atoms with Crippen molar-refractivity contribution in [1.29, 1.82) is 0 Å². The minimum atomic E-state index is 0.545. The number of hydrogen-bond donors (Lipinski definition) is 0. The van der Waals surface area contributed by atoms with Crippen molar-refractivity contribution in [3.8, 4) is 11.8 Å². The number of thioether (sulfide) groups is 1. The van der Waals surface area contributed by atoms with Crippen LogP contribution < -0.4 is 0 Å². The normalized spacial score (nSPS) is 24.8. The number of nitrogens with zero attached hydrogens (tertiary/aromatic N) is 3. The molecule has 3 fully saturated rings. The van der Waals surface area contributed by atoms with E-state index in [1.165, 1.54) is 43.4 Å². The molecule has 0 spiro atoms. The molecule has 1 unspecified atom stereocenters.